The number of amides is 1. The van der Waals surface area contributed by atoms with Crippen molar-refractivity contribution in [2.24, 2.45) is 5.10 Å². The smallest absolute Gasteiger partial charge is 0.343 e. The zero-order chi connectivity index (χ0) is 23.0. The lowest BCUT2D eigenvalue weighted by atomic mass is 10.1. The van der Waals surface area contributed by atoms with Crippen LogP contribution in [0.3, 0.4) is 0 Å². The minimum Gasteiger partial charge on any atom is -0.483 e. The van der Waals surface area contributed by atoms with Gasteiger partial charge < -0.3 is 9.47 Å². The fourth-order valence-corrected chi connectivity index (χ4v) is 3.31. The Morgan fingerprint density at radius 3 is 2.39 bits per heavy atom. The second-order valence-electron chi connectivity index (χ2n) is 7.02. The third kappa shape index (κ3) is 6.05. The molecule has 0 saturated heterocycles. The molecule has 0 fully saturated rings. The van der Waals surface area contributed by atoms with E-state index in [0.29, 0.717) is 17.1 Å². The fourth-order valence-electron chi connectivity index (χ4n) is 3.05. The third-order valence-electron chi connectivity index (χ3n) is 4.68. The van der Waals surface area contributed by atoms with Crippen LogP contribution in [0.2, 0.25) is 0 Å². The number of nitrogens with one attached hydrogen (secondary N) is 1. The van der Waals surface area contributed by atoms with Gasteiger partial charge in [0.05, 0.1) is 11.8 Å². The Labute approximate surface area is 199 Å². The van der Waals surface area contributed by atoms with Crippen LogP contribution in [0.25, 0.3) is 10.8 Å². The molecular weight excluding hydrogens is 484 g/mol. The van der Waals surface area contributed by atoms with Gasteiger partial charge in [-0.3, -0.25) is 4.79 Å². The number of rotatable bonds is 7. The number of hydrogen-bond acceptors (Lipinski definition) is 5. The second kappa shape index (κ2) is 10.6. The van der Waals surface area contributed by atoms with Gasteiger partial charge in [-0.2, -0.15) is 5.10 Å². The number of hydrazone groups is 1. The maximum atomic E-state index is 12.2. The van der Waals surface area contributed by atoms with Crippen LogP contribution in [0.1, 0.15) is 15.9 Å². The number of hydrogen-bond donors (Lipinski definition) is 1. The average molecular weight is 503 g/mol. The molecule has 4 rings (SSSR count). The largest absolute Gasteiger partial charge is 0.483 e. The first kappa shape index (κ1) is 22.2. The quantitative estimate of drug-likeness (QED) is 0.160. The molecular formula is C26H19BrN2O4. The van der Waals surface area contributed by atoms with Gasteiger partial charge in [0.15, 0.2) is 6.61 Å². The van der Waals surface area contributed by atoms with Gasteiger partial charge >= 0.3 is 5.97 Å². The van der Waals surface area contributed by atoms with Gasteiger partial charge in [0.25, 0.3) is 5.91 Å². The summed E-state index contributed by atoms with van der Waals surface area (Å²) in [4.78, 5) is 24.2. The average Bonchev–Trinajstić information content (AvgIpc) is 2.84. The minimum absolute atomic E-state index is 0.156. The monoisotopic (exact) mass is 502 g/mol. The van der Waals surface area contributed by atoms with Crippen molar-refractivity contribution in [1.82, 2.24) is 5.43 Å². The van der Waals surface area contributed by atoms with Crippen molar-refractivity contribution in [1.29, 1.82) is 0 Å². The fraction of sp³-hybridized carbons (Fsp3) is 0.0385. The number of benzene rings is 4. The Morgan fingerprint density at radius 2 is 1.61 bits per heavy atom. The number of fused-ring (bicyclic) bond motifs is 1. The van der Waals surface area contributed by atoms with Crippen molar-refractivity contribution in [2.45, 2.75) is 0 Å². The number of nitrogens with zero attached hydrogens (tertiary/aromatic N) is 1. The summed E-state index contributed by atoms with van der Waals surface area (Å²) in [5.41, 5.74) is 3.62. The Balaban J connectivity index is 1.27. The summed E-state index contributed by atoms with van der Waals surface area (Å²) in [6.45, 7) is -0.156. The van der Waals surface area contributed by atoms with Crippen molar-refractivity contribution in [2.75, 3.05) is 6.61 Å². The maximum Gasteiger partial charge on any atom is 0.343 e. The highest BCUT2D eigenvalue weighted by Gasteiger charge is 2.08. The first-order valence-corrected chi connectivity index (χ1v) is 10.9. The summed E-state index contributed by atoms with van der Waals surface area (Å²) in [7, 11) is 0. The number of halogens is 1. The van der Waals surface area contributed by atoms with E-state index in [1.807, 2.05) is 42.5 Å². The molecule has 0 aliphatic rings. The highest BCUT2D eigenvalue weighted by Crippen LogP contribution is 2.25. The number of esters is 1. The van der Waals surface area contributed by atoms with Crippen LogP contribution in [0.4, 0.5) is 0 Å². The van der Waals surface area contributed by atoms with Gasteiger partial charge in [0.2, 0.25) is 0 Å². The van der Waals surface area contributed by atoms with Crippen LogP contribution in [0.5, 0.6) is 11.5 Å². The van der Waals surface area contributed by atoms with E-state index in [4.69, 9.17) is 9.47 Å². The van der Waals surface area contributed by atoms with Gasteiger partial charge in [-0.15, -0.1) is 0 Å². The van der Waals surface area contributed by atoms with Crippen LogP contribution in [-0.4, -0.2) is 24.7 Å². The molecule has 164 valence electrons. The van der Waals surface area contributed by atoms with Gasteiger partial charge in [-0.25, -0.2) is 10.2 Å². The molecule has 0 atom stereocenters. The molecule has 0 unspecified atom stereocenters. The summed E-state index contributed by atoms with van der Waals surface area (Å²) in [5, 5.41) is 5.93. The molecule has 1 amide bonds. The maximum absolute atomic E-state index is 12.2. The van der Waals surface area contributed by atoms with Crippen molar-refractivity contribution in [3.8, 4) is 11.5 Å². The first-order chi connectivity index (χ1) is 16.1. The molecule has 1 N–H and O–H groups in total. The van der Waals surface area contributed by atoms with E-state index in [9.17, 15) is 9.59 Å². The lowest BCUT2D eigenvalue weighted by Gasteiger charge is -2.08. The molecule has 33 heavy (non-hydrogen) atoms. The van der Waals surface area contributed by atoms with Crippen LogP contribution in [-0.2, 0) is 4.79 Å². The molecule has 7 heteroatoms. The lowest BCUT2D eigenvalue weighted by Crippen LogP contribution is -2.24. The standard InChI is InChI=1S/C26H19BrN2O4/c27-21-12-10-20(11-13-21)26(31)33-22-14-8-18(9-15-22)16-28-29-25(30)17-32-24-7-3-5-19-4-1-2-6-23(19)24/h1-16H,17H2,(H,29,30). The summed E-state index contributed by atoms with van der Waals surface area (Å²) in [6, 6.07) is 27.2. The van der Waals surface area contributed by atoms with Crippen molar-refractivity contribution < 1.29 is 19.1 Å². The SMILES string of the molecule is O=C(COc1cccc2ccccc12)NN=Cc1ccc(OC(=O)c2ccc(Br)cc2)cc1. The van der Waals surface area contributed by atoms with Crippen molar-refractivity contribution in [3.63, 3.8) is 0 Å². The first-order valence-electron chi connectivity index (χ1n) is 10.1. The van der Waals surface area contributed by atoms with Crippen molar-refractivity contribution in [3.05, 3.63) is 107 Å². The lowest BCUT2D eigenvalue weighted by molar-refractivity contribution is -0.123. The molecule has 0 bridgehead atoms. The van der Waals surface area contributed by atoms with E-state index in [2.05, 4.69) is 26.5 Å². The summed E-state index contributed by atoms with van der Waals surface area (Å²) >= 11 is 3.33. The Bertz CT molecular complexity index is 1300. The third-order valence-corrected chi connectivity index (χ3v) is 5.21. The zero-order valence-electron chi connectivity index (χ0n) is 17.4. The van der Waals surface area contributed by atoms with E-state index in [1.54, 1.807) is 48.5 Å². The molecule has 0 aliphatic carbocycles. The van der Waals surface area contributed by atoms with E-state index < -0.39 is 5.97 Å². The summed E-state index contributed by atoms with van der Waals surface area (Å²) in [5.74, 6) is 0.231. The van der Waals surface area contributed by atoms with Crippen molar-refractivity contribution >= 4 is 44.8 Å². The highest BCUT2D eigenvalue weighted by atomic mass is 79.9. The minimum atomic E-state index is -0.442. The Kier molecular flexibility index (Phi) is 7.12. The molecule has 4 aromatic rings. The van der Waals surface area contributed by atoms with E-state index in [1.165, 1.54) is 6.21 Å². The van der Waals surface area contributed by atoms with Crippen LogP contribution in [0, 0.1) is 0 Å². The molecule has 6 nitrogen and oxygen atoms in total. The molecule has 0 radical (unpaired) electrons. The topological polar surface area (TPSA) is 77.0 Å². The molecule has 0 heterocycles. The highest BCUT2D eigenvalue weighted by molar-refractivity contribution is 9.10. The van der Waals surface area contributed by atoms with E-state index in [-0.39, 0.29) is 12.5 Å². The van der Waals surface area contributed by atoms with Crippen LogP contribution < -0.4 is 14.9 Å². The van der Waals surface area contributed by atoms with Gasteiger partial charge in [-0.05, 0) is 65.5 Å². The van der Waals surface area contributed by atoms with Gasteiger partial charge in [-0.1, -0.05) is 52.3 Å². The molecule has 0 aromatic heterocycles. The zero-order valence-corrected chi connectivity index (χ0v) is 19.0. The number of carbonyl (C=O) groups excluding carboxylic acids is 2. The predicted molar refractivity (Wildman–Crippen MR) is 131 cm³/mol. The van der Waals surface area contributed by atoms with Crippen LogP contribution in [0.15, 0.2) is 101 Å². The molecule has 0 aliphatic heterocycles. The molecule has 4 aromatic carbocycles. The predicted octanol–water partition coefficient (Wildman–Crippen LogP) is 5.35. The van der Waals surface area contributed by atoms with Gasteiger partial charge in [0.1, 0.15) is 11.5 Å². The normalized spacial score (nSPS) is 10.8. The molecule has 0 spiro atoms. The summed E-state index contributed by atoms with van der Waals surface area (Å²) < 4.78 is 11.9. The number of ether oxygens (including phenoxy) is 2. The molecule has 0 saturated carbocycles. The number of carbonyl (C=O) groups is 2. The van der Waals surface area contributed by atoms with E-state index >= 15 is 0 Å². The van der Waals surface area contributed by atoms with Gasteiger partial charge in [0, 0.05) is 9.86 Å². The Hall–Kier alpha value is -3.97. The Morgan fingerprint density at radius 1 is 0.879 bits per heavy atom. The summed E-state index contributed by atoms with van der Waals surface area (Å²) in [6.07, 6.45) is 1.50. The van der Waals surface area contributed by atoms with Crippen LogP contribution >= 0.6 is 15.9 Å². The second-order valence-corrected chi connectivity index (χ2v) is 7.94. The van der Waals surface area contributed by atoms with E-state index in [0.717, 1.165) is 20.8 Å².